The van der Waals surface area contributed by atoms with Gasteiger partial charge in [-0.05, 0) is 37.6 Å². The van der Waals surface area contributed by atoms with E-state index in [4.69, 9.17) is 9.72 Å². The van der Waals surface area contributed by atoms with Gasteiger partial charge < -0.3 is 9.64 Å². The minimum atomic E-state index is 0.854. The van der Waals surface area contributed by atoms with Crippen molar-refractivity contribution in [2.75, 3.05) is 66.1 Å². The van der Waals surface area contributed by atoms with Crippen LogP contribution in [0.25, 0.3) is 17.3 Å². The van der Waals surface area contributed by atoms with Gasteiger partial charge in [0, 0.05) is 69.2 Å². The predicted molar refractivity (Wildman–Crippen MR) is 126 cm³/mol. The minimum Gasteiger partial charge on any atom is -0.379 e. The summed E-state index contributed by atoms with van der Waals surface area (Å²) in [5.74, 6) is 0. The number of likely N-dealkylation sites (N-methyl/N-ethyl adjacent to an activating group) is 1. The molecule has 5 heteroatoms. The number of pyridine rings is 1. The highest BCUT2D eigenvalue weighted by Gasteiger charge is 2.21. The van der Waals surface area contributed by atoms with E-state index >= 15 is 0 Å². The van der Waals surface area contributed by atoms with E-state index in [1.165, 1.54) is 27.8 Å². The smallest absolute Gasteiger partial charge is 0.0780 e. The maximum absolute atomic E-state index is 5.50. The van der Waals surface area contributed by atoms with Crippen molar-refractivity contribution in [3.05, 3.63) is 58.3 Å². The molecule has 5 nitrogen and oxygen atoms in total. The summed E-state index contributed by atoms with van der Waals surface area (Å²) < 4.78 is 5.50. The molecule has 0 spiro atoms. The fourth-order valence-corrected chi connectivity index (χ4v) is 4.96. The largest absolute Gasteiger partial charge is 0.379 e. The van der Waals surface area contributed by atoms with Crippen LogP contribution >= 0.6 is 0 Å². The van der Waals surface area contributed by atoms with Gasteiger partial charge in [-0.1, -0.05) is 35.9 Å². The lowest BCUT2D eigenvalue weighted by molar-refractivity contribution is 0.0422. The Morgan fingerprint density at radius 2 is 1.61 bits per heavy atom. The average molecular weight is 419 g/mol. The normalized spacial score (nSPS) is 20.6. The van der Waals surface area contributed by atoms with E-state index in [0.717, 1.165) is 83.4 Å². The molecule has 2 aromatic rings. The zero-order valence-electron chi connectivity index (χ0n) is 18.9. The number of aryl methyl sites for hydroxylation is 1. The van der Waals surface area contributed by atoms with E-state index in [1.54, 1.807) is 0 Å². The van der Waals surface area contributed by atoms with E-state index in [1.807, 2.05) is 0 Å². The summed E-state index contributed by atoms with van der Waals surface area (Å²) in [7, 11) is 2.21. The van der Waals surface area contributed by atoms with Crippen molar-refractivity contribution in [2.24, 2.45) is 0 Å². The molecule has 2 saturated heterocycles. The molecule has 0 amide bonds. The van der Waals surface area contributed by atoms with Crippen molar-refractivity contribution in [3.63, 3.8) is 0 Å². The molecule has 3 heterocycles. The Morgan fingerprint density at radius 1 is 0.903 bits per heavy atom. The number of fused-ring (bicyclic) bond motifs is 1. The molecule has 164 valence electrons. The lowest BCUT2D eigenvalue weighted by Gasteiger charge is -2.32. The molecule has 1 aliphatic carbocycles. The number of nitrogens with zero attached hydrogens (tertiary/aromatic N) is 4. The Balaban J connectivity index is 1.32. The van der Waals surface area contributed by atoms with Crippen molar-refractivity contribution < 1.29 is 4.74 Å². The Bertz CT molecular complexity index is 939. The zero-order chi connectivity index (χ0) is 21.2. The number of hydrogen-bond acceptors (Lipinski definition) is 5. The van der Waals surface area contributed by atoms with Gasteiger partial charge in [-0.2, -0.15) is 0 Å². The summed E-state index contributed by atoms with van der Waals surface area (Å²) >= 11 is 0. The van der Waals surface area contributed by atoms with Gasteiger partial charge in [0.15, 0.2) is 0 Å². The number of benzene rings is 1. The van der Waals surface area contributed by atoms with E-state index in [2.05, 4.69) is 65.1 Å². The van der Waals surface area contributed by atoms with Crippen molar-refractivity contribution in [1.82, 2.24) is 19.7 Å². The van der Waals surface area contributed by atoms with Crippen LogP contribution in [0.15, 0.2) is 35.9 Å². The van der Waals surface area contributed by atoms with Gasteiger partial charge in [-0.25, -0.2) is 0 Å². The first-order valence-corrected chi connectivity index (χ1v) is 11.6. The second-order valence-electron chi connectivity index (χ2n) is 9.33. The Kier molecular flexibility index (Phi) is 6.19. The van der Waals surface area contributed by atoms with Gasteiger partial charge in [0.05, 0.1) is 18.9 Å². The van der Waals surface area contributed by atoms with Crippen LogP contribution in [0.3, 0.4) is 0 Å². The van der Waals surface area contributed by atoms with Crippen LogP contribution in [0.4, 0.5) is 0 Å². The summed E-state index contributed by atoms with van der Waals surface area (Å²) in [6.45, 7) is 12.6. The molecule has 2 aliphatic heterocycles. The van der Waals surface area contributed by atoms with Crippen molar-refractivity contribution >= 4 is 6.08 Å². The van der Waals surface area contributed by atoms with Crippen LogP contribution in [0.1, 0.15) is 22.4 Å². The standard InChI is InChI=1S/C26H34N4O/c1-20-15-24-16-22(19-30-11-13-31-14-12-30)17-25(24)26(27-20)23-5-3-21(4-6-23)18-29-9-7-28(2)8-10-29/h3-6,15,17H,7-14,16,18-19H2,1-2H3. The van der Waals surface area contributed by atoms with E-state index in [0.29, 0.717) is 0 Å². The molecule has 31 heavy (non-hydrogen) atoms. The second kappa shape index (κ2) is 9.21. The molecule has 0 saturated carbocycles. The SMILES string of the molecule is Cc1cc2c(c(-c3ccc(CN4CCN(C)CC4)cc3)n1)C=C(CN1CCOCC1)C2. The van der Waals surface area contributed by atoms with Gasteiger partial charge in [0.1, 0.15) is 0 Å². The first-order valence-electron chi connectivity index (χ1n) is 11.6. The Morgan fingerprint density at radius 3 is 2.35 bits per heavy atom. The topological polar surface area (TPSA) is 31.8 Å². The van der Waals surface area contributed by atoms with Crippen molar-refractivity contribution in [3.8, 4) is 11.3 Å². The molecule has 0 radical (unpaired) electrons. The summed E-state index contributed by atoms with van der Waals surface area (Å²) in [5, 5.41) is 0. The molecule has 3 aliphatic rings. The van der Waals surface area contributed by atoms with Gasteiger partial charge in [0.25, 0.3) is 0 Å². The van der Waals surface area contributed by atoms with Crippen molar-refractivity contribution in [2.45, 2.75) is 19.9 Å². The zero-order valence-corrected chi connectivity index (χ0v) is 18.9. The lowest BCUT2D eigenvalue weighted by Crippen LogP contribution is -2.43. The third-order valence-electron chi connectivity index (χ3n) is 6.80. The monoisotopic (exact) mass is 418 g/mol. The highest BCUT2D eigenvalue weighted by atomic mass is 16.5. The number of ether oxygens (including phenoxy) is 1. The van der Waals surface area contributed by atoms with Crippen LogP contribution in [-0.4, -0.2) is 85.8 Å². The van der Waals surface area contributed by atoms with Gasteiger partial charge in [-0.3, -0.25) is 14.8 Å². The number of hydrogen-bond donors (Lipinski definition) is 0. The fraction of sp³-hybridized carbons (Fsp3) is 0.500. The summed E-state index contributed by atoms with van der Waals surface area (Å²) in [6, 6.07) is 11.4. The highest BCUT2D eigenvalue weighted by molar-refractivity contribution is 5.78. The molecule has 1 aromatic carbocycles. The highest BCUT2D eigenvalue weighted by Crippen LogP contribution is 2.34. The predicted octanol–water partition coefficient (Wildman–Crippen LogP) is 3.08. The molecule has 0 bridgehead atoms. The maximum atomic E-state index is 5.50. The van der Waals surface area contributed by atoms with E-state index in [9.17, 15) is 0 Å². The molecule has 1 aromatic heterocycles. The molecule has 0 atom stereocenters. The van der Waals surface area contributed by atoms with Crippen LogP contribution in [-0.2, 0) is 17.7 Å². The number of rotatable bonds is 5. The first-order chi connectivity index (χ1) is 15.1. The van der Waals surface area contributed by atoms with Crippen molar-refractivity contribution in [1.29, 1.82) is 0 Å². The summed E-state index contributed by atoms with van der Waals surface area (Å²) in [6.07, 6.45) is 3.44. The van der Waals surface area contributed by atoms with Gasteiger partial charge >= 0.3 is 0 Å². The fourth-order valence-electron chi connectivity index (χ4n) is 4.96. The molecule has 0 unspecified atom stereocenters. The number of piperazine rings is 1. The summed E-state index contributed by atoms with van der Waals surface area (Å²) in [5.41, 5.74) is 9.10. The quantitative estimate of drug-likeness (QED) is 0.745. The van der Waals surface area contributed by atoms with E-state index in [-0.39, 0.29) is 0 Å². The number of morpholine rings is 1. The molecule has 0 N–H and O–H groups in total. The summed E-state index contributed by atoms with van der Waals surface area (Å²) in [4.78, 5) is 12.4. The van der Waals surface area contributed by atoms with Gasteiger partial charge in [-0.15, -0.1) is 0 Å². The molecule has 2 fully saturated rings. The molecule has 5 rings (SSSR count). The van der Waals surface area contributed by atoms with Crippen LogP contribution in [0.5, 0.6) is 0 Å². The second-order valence-corrected chi connectivity index (χ2v) is 9.33. The molecular formula is C26H34N4O. The Hall–Kier alpha value is -2.05. The third-order valence-corrected chi connectivity index (χ3v) is 6.80. The molecular weight excluding hydrogens is 384 g/mol. The van der Waals surface area contributed by atoms with Crippen LogP contribution in [0, 0.1) is 6.92 Å². The Labute approximate surface area is 186 Å². The van der Waals surface area contributed by atoms with Crippen LogP contribution in [0.2, 0.25) is 0 Å². The van der Waals surface area contributed by atoms with Crippen LogP contribution < -0.4 is 0 Å². The van der Waals surface area contributed by atoms with E-state index < -0.39 is 0 Å². The first kappa shape index (κ1) is 20.8. The maximum Gasteiger partial charge on any atom is 0.0780 e. The third kappa shape index (κ3) is 4.90. The number of aromatic nitrogens is 1. The van der Waals surface area contributed by atoms with Gasteiger partial charge in [0.2, 0.25) is 0 Å². The lowest BCUT2D eigenvalue weighted by atomic mass is 10.0. The minimum absolute atomic E-state index is 0.854. The average Bonchev–Trinajstić information content (AvgIpc) is 3.18.